The van der Waals surface area contributed by atoms with Gasteiger partial charge in [-0.1, -0.05) is 0 Å². The molecule has 186 valence electrons. The zero-order valence-electron chi connectivity index (χ0n) is 20.0. The van der Waals surface area contributed by atoms with Crippen molar-refractivity contribution in [1.29, 1.82) is 0 Å². The van der Waals surface area contributed by atoms with E-state index in [1.807, 2.05) is 13.8 Å². The van der Waals surface area contributed by atoms with E-state index >= 15 is 0 Å². The molecule has 2 aromatic rings. The summed E-state index contributed by atoms with van der Waals surface area (Å²) >= 11 is 0. The average molecular weight is 492 g/mol. The number of sulfonamides is 1. The van der Waals surface area contributed by atoms with Gasteiger partial charge in [-0.15, -0.1) is 0 Å². The van der Waals surface area contributed by atoms with Gasteiger partial charge in [-0.25, -0.2) is 8.42 Å². The van der Waals surface area contributed by atoms with Gasteiger partial charge in [0.25, 0.3) is 5.91 Å². The molecule has 0 atom stereocenters. The number of piperazine rings is 1. The summed E-state index contributed by atoms with van der Waals surface area (Å²) in [5.41, 5.74) is 0.502. The van der Waals surface area contributed by atoms with Crippen molar-refractivity contribution < 1.29 is 27.4 Å². The molecule has 0 bridgehead atoms. The second kappa shape index (κ2) is 12.0. The lowest BCUT2D eigenvalue weighted by Crippen LogP contribution is -2.50. The molecule has 10 heteroatoms. The van der Waals surface area contributed by atoms with E-state index in [1.165, 1.54) is 4.31 Å². The monoisotopic (exact) mass is 491 g/mol. The molecule has 1 aliphatic heterocycles. The largest absolute Gasteiger partial charge is 0.497 e. The minimum absolute atomic E-state index is 0.190. The highest BCUT2D eigenvalue weighted by Gasteiger charge is 2.28. The van der Waals surface area contributed by atoms with Gasteiger partial charge in [0.05, 0.1) is 25.2 Å². The number of nitrogens with zero attached hydrogens (tertiary/aromatic N) is 2. The van der Waals surface area contributed by atoms with Gasteiger partial charge < -0.3 is 19.5 Å². The number of nitrogens with one attached hydrogen (secondary N) is 1. The zero-order chi connectivity index (χ0) is 24.6. The number of rotatable bonds is 11. The summed E-state index contributed by atoms with van der Waals surface area (Å²) in [5, 5.41) is 2.92. The second-order valence-corrected chi connectivity index (χ2v) is 9.64. The van der Waals surface area contributed by atoms with Crippen LogP contribution in [0.5, 0.6) is 17.2 Å². The van der Waals surface area contributed by atoms with E-state index in [-0.39, 0.29) is 10.8 Å². The van der Waals surface area contributed by atoms with E-state index in [2.05, 4.69) is 10.2 Å². The zero-order valence-corrected chi connectivity index (χ0v) is 20.8. The fourth-order valence-corrected chi connectivity index (χ4v) is 5.13. The Balaban J connectivity index is 1.48. The molecular weight excluding hydrogens is 458 g/mol. The van der Waals surface area contributed by atoms with E-state index in [1.54, 1.807) is 49.6 Å². The summed E-state index contributed by atoms with van der Waals surface area (Å²) < 4.78 is 43.5. The summed E-state index contributed by atoms with van der Waals surface area (Å²) in [7, 11) is -1.99. The van der Waals surface area contributed by atoms with Crippen LogP contribution in [-0.2, 0) is 10.0 Å². The number of benzene rings is 2. The molecule has 34 heavy (non-hydrogen) atoms. The summed E-state index contributed by atoms with van der Waals surface area (Å²) in [6.45, 7) is 7.86. The van der Waals surface area contributed by atoms with Gasteiger partial charge in [0, 0.05) is 44.8 Å². The predicted octanol–water partition coefficient (Wildman–Crippen LogP) is 2.23. The summed E-state index contributed by atoms with van der Waals surface area (Å²) in [4.78, 5) is 15.0. The van der Waals surface area contributed by atoms with Crippen LogP contribution in [0.25, 0.3) is 0 Å². The Morgan fingerprint density at radius 2 is 1.59 bits per heavy atom. The first-order valence-electron chi connectivity index (χ1n) is 11.4. The fraction of sp³-hybridized carbons (Fsp3) is 0.458. The molecule has 1 heterocycles. The minimum Gasteiger partial charge on any atom is -0.497 e. The highest BCUT2D eigenvalue weighted by molar-refractivity contribution is 7.89. The Hall–Kier alpha value is -2.82. The molecule has 1 N–H and O–H groups in total. The van der Waals surface area contributed by atoms with Crippen molar-refractivity contribution in [3.63, 3.8) is 0 Å². The molecule has 0 radical (unpaired) electrons. The maximum atomic E-state index is 12.9. The van der Waals surface area contributed by atoms with Crippen molar-refractivity contribution in [2.24, 2.45) is 0 Å². The van der Waals surface area contributed by atoms with Crippen molar-refractivity contribution in [3.8, 4) is 17.2 Å². The van der Waals surface area contributed by atoms with Crippen molar-refractivity contribution in [2.75, 3.05) is 59.6 Å². The number of ether oxygens (including phenoxy) is 3. The molecular formula is C24H33N3O6S. The van der Waals surface area contributed by atoms with Crippen LogP contribution in [0.3, 0.4) is 0 Å². The number of carbonyl (C=O) groups excluding carboxylic acids is 1. The van der Waals surface area contributed by atoms with Crippen molar-refractivity contribution >= 4 is 15.9 Å². The van der Waals surface area contributed by atoms with Crippen LogP contribution in [0.15, 0.2) is 47.4 Å². The second-order valence-electron chi connectivity index (χ2n) is 7.70. The van der Waals surface area contributed by atoms with Crippen molar-refractivity contribution in [2.45, 2.75) is 18.7 Å². The quantitative estimate of drug-likeness (QED) is 0.515. The fourth-order valence-electron chi connectivity index (χ4n) is 3.71. The normalized spacial score (nSPS) is 15.0. The van der Waals surface area contributed by atoms with Crippen LogP contribution in [0.1, 0.15) is 24.2 Å². The third kappa shape index (κ3) is 6.40. The smallest absolute Gasteiger partial charge is 0.251 e. The Labute approximate surface area is 201 Å². The third-order valence-electron chi connectivity index (χ3n) is 5.55. The number of hydrogen-bond donors (Lipinski definition) is 1. The third-order valence-corrected chi connectivity index (χ3v) is 7.46. The molecule has 0 saturated carbocycles. The molecule has 9 nitrogen and oxygen atoms in total. The van der Waals surface area contributed by atoms with Crippen LogP contribution >= 0.6 is 0 Å². The van der Waals surface area contributed by atoms with Crippen LogP contribution < -0.4 is 19.5 Å². The number of amides is 1. The van der Waals surface area contributed by atoms with Crippen LogP contribution in [-0.4, -0.2) is 83.1 Å². The lowest BCUT2D eigenvalue weighted by molar-refractivity contribution is 0.0944. The molecule has 1 amide bonds. The van der Waals surface area contributed by atoms with E-state index in [0.29, 0.717) is 75.3 Å². The lowest BCUT2D eigenvalue weighted by atomic mass is 10.2. The lowest BCUT2D eigenvalue weighted by Gasteiger charge is -2.34. The molecule has 0 spiro atoms. The minimum atomic E-state index is -3.54. The topological polar surface area (TPSA) is 97.4 Å². The highest BCUT2D eigenvalue weighted by Crippen LogP contribution is 2.28. The molecule has 3 rings (SSSR count). The first-order valence-corrected chi connectivity index (χ1v) is 12.9. The predicted molar refractivity (Wildman–Crippen MR) is 129 cm³/mol. The summed E-state index contributed by atoms with van der Waals surface area (Å²) in [5.74, 6) is 1.59. The molecule has 2 aromatic carbocycles. The van der Waals surface area contributed by atoms with Crippen molar-refractivity contribution in [1.82, 2.24) is 14.5 Å². The molecule has 1 fully saturated rings. The Morgan fingerprint density at radius 1 is 0.941 bits per heavy atom. The van der Waals surface area contributed by atoms with Crippen molar-refractivity contribution in [3.05, 3.63) is 48.0 Å². The maximum Gasteiger partial charge on any atom is 0.251 e. The molecule has 1 aliphatic rings. The van der Waals surface area contributed by atoms with Gasteiger partial charge >= 0.3 is 0 Å². The van der Waals surface area contributed by atoms with E-state index in [4.69, 9.17) is 14.2 Å². The van der Waals surface area contributed by atoms with Gasteiger partial charge in [-0.2, -0.15) is 4.31 Å². The van der Waals surface area contributed by atoms with E-state index in [9.17, 15) is 13.2 Å². The number of hydrogen-bond acceptors (Lipinski definition) is 7. The van der Waals surface area contributed by atoms with Gasteiger partial charge in [0.2, 0.25) is 10.0 Å². The maximum absolute atomic E-state index is 12.9. The Kier molecular flexibility index (Phi) is 9.14. The van der Waals surface area contributed by atoms with Gasteiger partial charge in [-0.3, -0.25) is 9.69 Å². The summed E-state index contributed by atoms with van der Waals surface area (Å²) in [6, 6.07) is 11.6. The average Bonchev–Trinajstić information content (AvgIpc) is 2.85. The first kappa shape index (κ1) is 25.8. The summed E-state index contributed by atoms with van der Waals surface area (Å²) in [6.07, 6.45) is 0. The van der Waals surface area contributed by atoms with Gasteiger partial charge in [0.1, 0.15) is 5.75 Å². The number of carbonyl (C=O) groups is 1. The van der Waals surface area contributed by atoms with Gasteiger partial charge in [-0.05, 0) is 56.3 Å². The SMILES string of the molecule is CCOc1ccc(C(=O)NCCN2CCN(S(=O)(=O)c3ccc(OC)cc3)CC2)cc1OCC. The Bertz CT molecular complexity index is 1050. The molecule has 0 aromatic heterocycles. The standard InChI is InChI=1S/C24H33N3O6S/c1-4-32-22-11-6-19(18-23(22)33-5-2)24(28)25-12-13-26-14-16-27(17-15-26)34(29,30)21-9-7-20(31-3)8-10-21/h6-11,18H,4-5,12-17H2,1-3H3,(H,25,28). The molecule has 0 aliphatic carbocycles. The van der Waals surface area contributed by atoms with Crippen LogP contribution in [0, 0.1) is 0 Å². The van der Waals surface area contributed by atoms with Crippen LogP contribution in [0.4, 0.5) is 0 Å². The Morgan fingerprint density at radius 3 is 2.21 bits per heavy atom. The van der Waals surface area contributed by atoms with Crippen LogP contribution in [0.2, 0.25) is 0 Å². The van der Waals surface area contributed by atoms with Gasteiger partial charge in [0.15, 0.2) is 11.5 Å². The number of methoxy groups -OCH3 is 1. The molecule has 0 unspecified atom stereocenters. The highest BCUT2D eigenvalue weighted by atomic mass is 32.2. The molecule has 1 saturated heterocycles. The van der Waals surface area contributed by atoms with E-state index < -0.39 is 10.0 Å². The van der Waals surface area contributed by atoms with E-state index in [0.717, 1.165) is 0 Å². The first-order chi connectivity index (χ1) is 16.4.